The largest absolute Gasteiger partial charge is 0.367 e. The normalized spacial score (nSPS) is 14.6. The Hall–Kier alpha value is -3.09. The lowest BCUT2D eigenvalue weighted by molar-refractivity contribution is -0.130. The van der Waals surface area contributed by atoms with Gasteiger partial charge in [-0.2, -0.15) is 0 Å². The lowest BCUT2D eigenvalue weighted by atomic mass is 10.1. The molecule has 7 nitrogen and oxygen atoms in total. The van der Waals surface area contributed by atoms with Gasteiger partial charge in [0.05, 0.1) is 6.42 Å². The summed E-state index contributed by atoms with van der Waals surface area (Å²) in [6.45, 7) is 3.72. The molecule has 2 heterocycles. The highest BCUT2D eigenvalue weighted by molar-refractivity contribution is 5.96. The van der Waals surface area contributed by atoms with E-state index >= 15 is 0 Å². The number of carbonyl (C=O) groups excluding carboxylic acids is 3. The Morgan fingerprint density at radius 1 is 1.07 bits per heavy atom. The number of nitrogens with zero attached hydrogens (tertiary/aromatic N) is 2. The molecule has 2 aromatic rings. The predicted octanol–water partition coefficient (Wildman–Crippen LogP) is 1.89. The Kier molecular flexibility index (Phi) is 5.90. The first-order valence-electron chi connectivity index (χ1n) is 9.09. The predicted molar refractivity (Wildman–Crippen MR) is 102 cm³/mol. The number of hydrogen-bond donors (Lipinski definition) is 2. The molecule has 1 aliphatic heterocycles. The molecule has 0 aliphatic carbocycles. The van der Waals surface area contributed by atoms with Crippen LogP contribution in [0.15, 0.2) is 42.7 Å². The van der Waals surface area contributed by atoms with Crippen LogP contribution in [-0.4, -0.2) is 58.7 Å². The third-order valence-corrected chi connectivity index (χ3v) is 4.58. The van der Waals surface area contributed by atoms with Crippen LogP contribution in [0.3, 0.4) is 0 Å². The standard InChI is InChI=1S/C20H24N4O3/c1-15(25)22-18-5-2-4-17(13-18)20(27)24-9-3-8-23(10-11-24)19(26)12-16-6-7-21-14-16/h2,4-7,13-14,21H,3,8-12H2,1H3,(H,22,25). The van der Waals surface area contributed by atoms with Crippen LogP contribution >= 0.6 is 0 Å². The zero-order valence-corrected chi connectivity index (χ0v) is 15.4. The Bertz CT molecular complexity index is 816. The lowest BCUT2D eigenvalue weighted by Gasteiger charge is -2.22. The van der Waals surface area contributed by atoms with Gasteiger partial charge >= 0.3 is 0 Å². The maximum absolute atomic E-state index is 12.8. The van der Waals surface area contributed by atoms with Crippen molar-refractivity contribution in [3.8, 4) is 0 Å². The number of rotatable bonds is 4. The molecule has 3 amide bonds. The average molecular weight is 368 g/mol. The van der Waals surface area contributed by atoms with Crippen molar-refractivity contribution in [2.24, 2.45) is 0 Å². The molecule has 3 rings (SSSR count). The van der Waals surface area contributed by atoms with E-state index in [9.17, 15) is 14.4 Å². The van der Waals surface area contributed by atoms with Gasteiger partial charge in [-0.1, -0.05) is 6.07 Å². The van der Waals surface area contributed by atoms with Gasteiger partial charge < -0.3 is 20.1 Å². The highest BCUT2D eigenvalue weighted by atomic mass is 16.2. The summed E-state index contributed by atoms with van der Waals surface area (Å²) in [5.74, 6) is -0.176. The van der Waals surface area contributed by atoms with E-state index in [2.05, 4.69) is 10.3 Å². The molecular weight excluding hydrogens is 344 g/mol. The van der Waals surface area contributed by atoms with E-state index in [4.69, 9.17) is 0 Å². The van der Waals surface area contributed by atoms with E-state index in [0.29, 0.717) is 43.9 Å². The van der Waals surface area contributed by atoms with Gasteiger partial charge in [-0.05, 0) is 36.2 Å². The van der Waals surface area contributed by atoms with Gasteiger partial charge in [0.2, 0.25) is 11.8 Å². The van der Waals surface area contributed by atoms with E-state index in [-0.39, 0.29) is 17.7 Å². The summed E-state index contributed by atoms with van der Waals surface area (Å²) in [4.78, 5) is 43.1. The van der Waals surface area contributed by atoms with Crippen molar-refractivity contribution in [3.05, 3.63) is 53.9 Å². The third kappa shape index (κ3) is 4.97. The molecule has 0 atom stereocenters. The second-order valence-corrected chi connectivity index (χ2v) is 6.68. The van der Waals surface area contributed by atoms with Gasteiger partial charge in [0, 0.05) is 56.7 Å². The Morgan fingerprint density at radius 3 is 2.59 bits per heavy atom. The van der Waals surface area contributed by atoms with Crippen molar-refractivity contribution in [1.29, 1.82) is 0 Å². The highest BCUT2D eigenvalue weighted by Crippen LogP contribution is 2.15. The molecule has 1 aromatic carbocycles. The molecule has 1 aliphatic rings. The summed E-state index contributed by atoms with van der Waals surface area (Å²) in [7, 11) is 0. The SMILES string of the molecule is CC(=O)Nc1cccc(C(=O)N2CCCN(C(=O)Cc3cc[nH]c3)CC2)c1. The zero-order valence-electron chi connectivity index (χ0n) is 15.4. The van der Waals surface area contributed by atoms with Gasteiger partial charge in [-0.15, -0.1) is 0 Å². The maximum atomic E-state index is 12.8. The Morgan fingerprint density at radius 2 is 1.85 bits per heavy atom. The quantitative estimate of drug-likeness (QED) is 0.864. The second-order valence-electron chi connectivity index (χ2n) is 6.68. The van der Waals surface area contributed by atoms with Crippen LogP contribution in [0.2, 0.25) is 0 Å². The molecule has 2 N–H and O–H groups in total. The average Bonchev–Trinajstić information content (AvgIpc) is 3.02. The third-order valence-electron chi connectivity index (χ3n) is 4.58. The van der Waals surface area contributed by atoms with Gasteiger partial charge in [0.25, 0.3) is 5.91 Å². The van der Waals surface area contributed by atoms with Gasteiger partial charge in [0.1, 0.15) is 0 Å². The molecule has 0 unspecified atom stereocenters. The summed E-state index contributed by atoms with van der Waals surface area (Å²) in [6.07, 6.45) is 4.75. The molecular formula is C20H24N4O3. The summed E-state index contributed by atoms with van der Waals surface area (Å²) >= 11 is 0. The van der Waals surface area contributed by atoms with Gasteiger partial charge in [-0.3, -0.25) is 14.4 Å². The number of benzene rings is 1. The molecule has 1 aromatic heterocycles. The summed E-state index contributed by atoms with van der Waals surface area (Å²) in [6, 6.07) is 8.83. The number of aromatic nitrogens is 1. The molecule has 0 bridgehead atoms. The molecule has 0 spiro atoms. The molecule has 27 heavy (non-hydrogen) atoms. The van der Waals surface area contributed by atoms with Crippen LogP contribution in [-0.2, 0) is 16.0 Å². The molecule has 7 heteroatoms. The van der Waals surface area contributed by atoms with E-state index in [1.165, 1.54) is 6.92 Å². The number of hydrogen-bond acceptors (Lipinski definition) is 3. The first-order chi connectivity index (χ1) is 13.0. The fraction of sp³-hybridized carbons (Fsp3) is 0.350. The van der Waals surface area contributed by atoms with Crippen LogP contribution in [0.25, 0.3) is 0 Å². The van der Waals surface area contributed by atoms with Gasteiger partial charge in [-0.25, -0.2) is 0 Å². The fourth-order valence-corrected chi connectivity index (χ4v) is 3.24. The molecule has 1 fully saturated rings. The number of H-pyrrole nitrogens is 1. The van der Waals surface area contributed by atoms with E-state index in [1.54, 1.807) is 35.4 Å². The van der Waals surface area contributed by atoms with E-state index in [0.717, 1.165) is 12.0 Å². The summed E-state index contributed by atoms with van der Waals surface area (Å²) in [5, 5.41) is 2.69. The number of amides is 3. The fourth-order valence-electron chi connectivity index (χ4n) is 3.24. The van der Waals surface area contributed by atoms with Crippen LogP contribution < -0.4 is 5.32 Å². The Balaban J connectivity index is 1.61. The maximum Gasteiger partial charge on any atom is 0.253 e. The number of aromatic amines is 1. The summed E-state index contributed by atoms with van der Waals surface area (Å²) in [5.41, 5.74) is 2.10. The van der Waals surface area contributed by atoms with Crippen LogP contribution in [0.4, 0.5) is 5.69 Å². The second kappa shape index (κ2) is 8.53. The lowest BCUT2D eigenvalue weighted by Crippen LogP contribution is -2.38. The minimum atomic E-state index is -0.175. The van der Waals surface area contributed by atoms with Crippen molar-refractivity contribution in [2.45, 2.75) is 19.8 Å². The highest BCUT2D eigenvalue weighted by Gasteiger charge is 2.23. The number of anilines is 1. The minimum Gasteiger partial charge on any atom is -0.367 e. The first kappa shape index (κ1) is 18.7. The van der Waals surface area contributed by atoms with Gasteiger partial charge in [0.15, 0.2) is 0 Å². The van der Waals surface area contributed by atoms with Crippen molar-refractivity contribution >= 4 is 23.4 Å². The van der Waals surface area contributed by atoms with E-state index in [1.807, 2.05) is 17.2 Å². The molecule has 1 saturated heterocycles. The van der Waals surface area contributed by atoms with E-state index < -0.39 is 0 Å². The molecule has 142 valence electrons. The van der Waals surface area contributed by atoms with Crippen molar-refractivity contribution in [1.82, 2.24) is 14.8 Å². The topological polar surface area (TPSA) is 85.5 Å². The number of carbonyl (C=O) groups is 3. The van der Waals surface area contributed by atoms with Crippen molar-refractivity contribution < 1.29 is 14.4 Å². The Labute approximate surface area is 158 Å². The summed E-state index contributed by atoms with van der Waals surface area (Å²) < 4.78 is 0. The first-order valence-corrected chi connectivity index (χ1v) is 9.09. The van der Waals surface area contributed by atoms with Crippen LogP contribution in [0.5, 0.6) is 0 Å². The zero-order chi connectivity index (χ0) is 19.2. The molecule has 0 saturated carbocycles. The molecule has 0 radical (unpaired) electrons. The minimum absolute atomic E-state index is 0.0801. The smallest absolute Gasteiger partial charge is 0.253 e. The van der Waals surface area contributed by atoms with Crippen LogP contribution in [0, 0.1) is 0 Å². The number of nitrogens with one attached hydrogen (secondary N) is 2. The van der Waals surface area contributed by atoms with Crippen molar-refractivity contribution in [2.75, 3.05) is 31.5 Å². The van der Waals surface area contributed by atoms with Crippen LogP contribution in [0.1, 0.15) is 29.3 Å². The monoisotopic (exact) mass is 368 g/mol. The van der Waals surface area contributed by atoms with Crippen molar-refractivity contribution in [3.63, 3.8) is 0 Å².